The van der Waals surface area contributed by atoms with Gasteiger partial charge in [0.25, 0.3) is 6.43 Å². The van der Waals surface area contributed by atoms with Crippen LogP contribution in [0.5, 0.6) is 5.75 Å². The first-order valence-electron chi connectivity index (χ1n) is 4.59. The molecule has 0 aromatic carbocycles. The zero-order valence-electron chi connectivity index (χ0n) is 9.09. The van der Waals surface area contributed by atoms with E-state index < -0.39 is 40.9 Å². The van der Waals surface area contributed by atoms with Crippen molar-refractivity contribution in [1.82, 2.24) is 4.98 Å². The lowest BCUT2D eigenvalue weighted by molar-refractivity contribution is -0.390. The number of esters is 1. The summed E-state index contributed by atoms with van der Waals surface area (Å²) >= 11 is 0. The van der Waals surface area contributed by atoms with Crippen LogP contribution in [0.15, 0.2) is 6.07 Å². The van der Waals surface area contributed by atoms with Crippen LogP contribution in [-0.2, 0) is 16.0 Å². The SMILES string of the molecule is COC(=O)Cc1cc(C(F)F)c(O)c([N+](=O)[O-])n1. The minimum Gasteiger partial charge on any atom is -0.501 e. The van der Waals surface area contributed by atoms with Crippen molar-refractivity contribution in [2.75, 3.05) is 7.11 Å². The maximum absolute atomic E-state index is 12.5. The second kappa shape index (κ2) is 5.34. The van der Waals surface area contributed by atoms with E-state index in [2.05, 4.69) is 9.72 Å². The van der Waals surface area contributed by atoms with E-state index in [1.54, 1.807) is 0 Å². The van der Waals surface area contributed by atoms with Gasteiger partial charge in [0, 0.05) is 0 Å². The predicted molar refractivity (Wildman–Crippen MR) is 53.2 cm³/mol. The number of pyridine rings is 1. The number of aromatic nitrogens is 1. The van der Waals surface area contributed by atoms with Crippen LogP contribution in [0.2, 0.25) is 0 Å². The number of halogens is 2. The highest BCUT2D eigenvalue weighted by atomic mass is 19.3. The summed E-state index contributed by atoms with van der Waals surface area (Å²) in [5.41, 5.74) is -1.22. The average Bonchev–Trinajstić information content (AvgIpc) is 2.30. The molecule has 1 rings (SSSR count). The summed E-state index contributed by atoms with van der Waals surface area (Å²) in [6.07, 6.45) is -3.62. The van der Waals surface area contributed by atoms with E-state index >= 15 is 0 Å². The molecule has 0 atom stereocenters. The Morgan fingerprint density at radius 3 is 2.72 bits per heavy atom. The molecule has 98 valence electrons. The predicted octanol–water partition coefficient (Wildman–Crippen LogP) is 1.35. The van der Waals surface area contributed by atoms with Crippen molar-refractivity contribution in [2.24, 2.45) is 0 Å². The molecular formula is C9H8F2N2O5. The van der Waals surface area contributed by atoms with Crippen molar-refractivity contribution in [2.45, 2.75) is 12.8 Å². The fourth-order valence-corrected chi connectivity index (χ4v) is 1.20. The van der Waals surface area contributed by atoms with Gasteiger partial charge in [0.2, 0.25) is 5.75 Å². The van der Waals surface area contributed by atoms with Crippen LogP contribution in [0.1, 0.15) is 17.7 Å². The van der Waals surface area contributed by atoms with Gasteiger partial charge in [0.1, 0.15) is 6.42 Å². The van der Waals surface area contributed by atoms with Crippen molar-refractivity contribution in [3.8, 4) is 5.75 Å². The quantitative estimate of drug-likeness (QED) is 0.499. The van der Waals surface area contributed by atoms with Gasteiger partial charge in [0.15, 0.2) is 5.69 Å². The number of nitro groups is 1. The van der Waals surface area contributed by atoms with Crippen molar-refractivity contribution >= 4 is 11.8 Å². The molecule has 0 saturated carbocycles. The number of aromatic hydroxyl groups is 1. The maximum atomic E-state index is 12.5. The third-order valence-electron chi connectivity index (χ3n) is 2.02. The van der Waals surface area contributed by atoms with Crippen molar-refractivity contribution < 1.29 is 28.3 Å². The van der Waals surface area contributed by atoms with E-state index in [0.717, 1.165) is 13.2 Å². The van der Waals surface area contributed by atoms with Crippen molar-refractivity contribution in [3.05, 3.63) is 27.4 Å². The Morgan fingerprint density at radius 1 is 1.67 bits per heavy atom. The molecule has 1 aromatic heterocycles. The number of carbonyl (C=O) groups excluding carboxylic acids is 1. The van der Waals surface area contributed by atoms with Gasteiger partial charge in [-0.15, -0.1) is 0 Å². The molecule has 7 nitrogen and oxygen atoms in total. The first-order valence-corrected chi connectivity index (χ1v) is 4.59. The van der Waals surface area contributed by atoms with Crippen LogP contribution < -0.4 is 0 Å². The van der Waals surface area contributed by atoms with Gasteiger partial charge in [-0.1, -0.05) is 0 Å². The maximum Gasteiger partial charge on any atom is 0.406 e. The smallest absolute Gasteiger partial charge is 0.406 e. The lowest BCUT2D eigenvalue weighted by Gasteiger charge is -2.05. The molecular weight excluding hydrogens is 254 g/mol. The van der Waals surface area contributed by atoms with Gasteiger partial charge in [-0.2, -0.15) is 0 Å². The molecule has 0 radical (unpaired) electrons. The zero-order chi connectivity index (χ0) is 13.9. The van der Waals surface area contributed by atoms with E-state index in [1.165, 1.54) is 0 Å². The number of alkyl halides is 2. The van der Waals surface area contributed by atoms with Gasteiger partial charge in [-0.25, -0.2) is 8.78 Å². The first-order chi connectivity index (χ1) is 8.36. The Kier molecular flexibility index (Phi) is 4.08. The van der Waals surface area contributed by atoms with Crippen LogP contribution in [0.25, 0.3) is 0 Å². The number of methoxy groups -OCH3 is 1. The molecule has 9 heteroatoms. The Labute approximate surface area is 99.2 Å². The minimum atomic E-state index is -3.12. The summed E-state index contributed by atoms with van der Waals surface area (Å²) in [5.74, 6) is -3.11. The number of carbonyl (C=O) groups is 1. The monoisotopic (exact) mass is 262 g/mol. The van der Waals surface area contributed by atoms with E-state index in [0.29, 0.717) is 0 Å². The molecule has 0 fully saturated rings. The third-order valence-corrected chi connectivity index (χ3v) is 2.02. The number of ether oxygens (including phenoxy) is 1. The largest absolute Gasteiger partial charge is 0.501 e. The lowest BCUT2D eigenvalue weighted by Crippen LogP contribution is -2.08. The van der Waals surface area contributed by atoms with E-state index in [-0.39, 0.29) is 5.69 Å². The van der Waals surface area contributed by atoms with Gasteiger partial charge in [0.05, 0.1) is 12.7 Å². The lowest BCUT2D eigenvalue weighted by atomic mass is 10.1. The summed E-state index contributed by atoms with van der Waals surface area (Å²) in [6, 6.07) is 0.726. The van der Waals surface area contributed by atoms with Gasteiger partial charge in [-0.05, 0) is 16.0 Å². The van der Waals surface area contributed by atoms with Gasteiger partial charge >= 0.3 is 11.8 Å². The number of hydrogen-bond acceptors (Lipinski definition) is 6. The molecule has 0 amide bonds. The normalized spacial score (nSPS) is 10.4. The Balaban J connectivity index is 3.29. The highest BCUT2D eigenvalue weighted by Crippen LogP contribution is 2.35. The van der Waals surface area contributed by atoms with E-state index in [4.69, 9.17) is 0 Å². The fourth-order valence-electron chi connectivity index (χ4n) is 1.20. The second-order valence-electron chi connectivity index (χ2n) is 3.19. The Bertz CT molecular complexity index is 492. The molecule has 0 aliphatic heterocycles. The Hall–Kier alpha value is -2.32. The standard InChI is InChI=1S/C9H8F2N2O5/c1-18-6(14)3-4-2-5(8(10)11)7(15)9(12-4)13(16)17/h2,8,15H,3H2,1H3. The molecule has 0 spiro atoms. The molecule has 0 unspecified atom stereocenters. The molecule has 1 heterocycles. The number of hydrogen-bond donors (Lipinski definition) is 1. The summed E-state index contributed by atoms with van der Waals surface area (Å²) in [7, 11) is 1.07. The summed E-state index contributed by atoms with van der Waals surface area (Å²) < 4.78 is 29.4. The second-order valence-corrected chi connectivity index (χ2v) is 3.19. The molecule has 18 heavy (non-hydrogen) atoms. The molecule has 0 saturated heterocycles. The molecule has 1 aromatic rings. The molecule has 0 aliphatic carbocycles. The molecule has 0 bridgehead atoms. The fraction of sp³-hybridized carbons (Fsp3) is 0.333. The minimum absolute atomic E-state index is 0.276. The Morgan fingerprint density at radius 2 is 2.28 bits per heavy atom. The molecule has 0 aliphatic rings. The summed E-state index contributed by atoms with van der Waals surface area (Å²) in [4.78, 5) is 23.7. The third kappa shape index (κ3) is 2.87. The molecule has 1 N–H and O–H groups in total. The van der Waals surface area contributed by atoms with E-state index in [9.17, 15) is 28.8 Å². The van der Waals surface area contributed by atoms with Crippen LogP contribution in [0.3, 0.4) is 0 Å². The van der Waals surface area contributed by atoms with Crippen LogP contribution in [0, 0.1) is 10.1 Å². The summed E-state index contributed by atoms with van der Waals surface area (Å²) in [5, 5.41) is 19.8. The van der Waals surface area contributed by atoms with Crippen molar-refractivity contribution in [3.63, 3.8) is 0 Å². The zero-order valence-corrected chi connectivity index (χ0v) is 9.09. The van der Waals surface area contributed by atoms with Crippen molar-refractivity contribution in [1.29, 1.82) is 0 Å². The number of rotatable bonds is 4. The summed E-state index contributed by atoms with van der Waals surface area (Å²) in [6.45, 7) is 0. The topological polar surface area (TPSA) is 103 Å². The average molecular weight is 262 g/mol. The number of nitrogens with zero attached hydrogens (tertiary/aromatic N) is 2. The van der Waals surface area contributed by atoms with Gasteiger partial charge in [-0.3, -0.25) is 4.79 Å². The van der Waals surface area contributed by atoms with Gasteiger partial charge < -0.3 is 20.0 Å². The van der Waals surface area contributed by atoms with Crippen LogP contribution in [0.4, 0.5) is 14.6 Å². The highest BCUT2D eigenvalue weighted by Gasteiger charge is 2.27. The van der Waals surface area contributed by atoms with Crippen LogP contribution >= 0.6 is 0 Å². The first kappa shape index (κ1) is 13.7. The highest BCUT2D eigenvalue weighted by molar-refractivity contribution is 5.72. The van der Waals surface area contributed by atoms with Crippen LogP contribution in [-0.4, -0.2) is 28.1 Å². The van der Waals surface area contributed by atoms with E-state index in [1.807, 2.05) is 0 Å².